The van der Waals surface area contributed by atoms with E-state index < -0.39 is 8.60 Å². The van der Waals surface area contributed by atoms with Crippen LogP contribution in [0.2, 0.25) is 0 Å². The molecule has 248 valence electrons. The lowest BCUT2D eigenvalue weighted by Crippen LogP contribution is -2.09. The number of rotatable bonds is 17. The summed E-state index contributed by atoms with van der Waals surface area (Å²) in [5.74, 6) is 5.06. The molecule has 5 atom stereocenters. The maximum Gasteiger partial charge on any atom is 0.530 e. The van der Waals surface area contributed by atoms with Gasteiger partial charge in [0.15, 0.2) is 0 Å². The second kappa shape index (κ2) is 17.4. The zero-order valence-corrected chi connectivity index (χ0v) is 31.3. The Labute approximate surface area is 277 Å². The van der Waals surface area contributed by atoms with Crippen molar-refractivity contribution in [3.8, 4) is 17.2 Å². The summed E-state index contributed by atoms with van der Waals surface area (Å²) < 4.78 is 20.6. The topological polar surface area (TPSA) is 27.7 Å². The summed E-state index contributed by atoms with van der Waals surface area (Å²) in [5.41, 5.74) is 7.70. The number of hydrogen-bond donors (Lipinski definition) is 0. The molecule has 3 aromatic rings. The molecule has 0 saturated carbocycles. The van der Waals surface area contributed by atoms with E-state index >= 15 is 0 Å². The van der Waals surface area contributed by atoms with Crippen LogP contribution in [-0.2, 0) is 0 Å². The molecule has 0 aliphatic rings. The molecule has 45 heavy (non-hydrogen) atoms. The lowest BCUT2D eigenvalue weighted by atomic mass is 9.91. The van der Waals surface area contributed by atoms with Crippen LogP contribution in [0.1, 0.15) is 184 Å². The van der Waals surface area contributed by atoms with E-state index in [1.807, 2.05) is 0 Å². The molecule has 0 aliphatic heterocycles. The van der Waals surface area contributed by atoms with Gasteiger partial charge in [-0.05, 0) is 119 Å². The highest BCUT2D eigenvalue weighted by Gasteiger charge is 2.27. The van der Waals surface area contributed by atoms with Gasteiger partial charge in [0.1, 0.15) is 17.2 Å². The van der Waals surface area contributed by atoms with Crippen molar-refractivity contribution in [2.75, 3.05) is 0 Å². The number of hydrogen-bond acceptors (Lipinski definition) is 3. The molecule has 0 saturated heterocycles. The molecule has 3 nitrogen and oxygen atoms in total. The van der Waals surface area contributed by atoms with Crippen LogP contribution in [-0.4, -0.2) is 0 Å². The van der Waals surface area contributed by atoms with E-state index in [9.17, 15) is 0 Å². The summed E-state index contributed by atoms with van der Waals surface area (Å²) in [7, 11) is -1.81. The van der Waals surface area contributed by atoms with Gasteiger partial charge in [-0.25, -0.2) is 0 Å². The van der Waals surface area contributed by atoms with Crippen molar-refractivity contribution < 1.29 is 13.6 Å². The Bertz CT molecular complexity index is 1280. The summed E-state index contributed by atoms with van der Waals surface area (Å²) in [6, 6.07) is 20.1. The monoisotopic (exact) mass is 632 g/mol. The lowest BCUT2D eigenvalue weighted by molar-refractivity contribution is 0.379. The van der Waals surface area contributed by atoms with Crippen LogP contribution >= 0.6 is 8.60 Å². The van der Waals surface area contributed by atoms with Crippen molar-refractivity contribution in [2.24, 2.45) is 0 Å². The van der Waals surface area contributed by atoms with E-state index in [4.69, 9.17) is 13.6 Å². The molecule has 3 rings (SSSR count). The van der Waals surface area contributed by atoms with Crippen molar-refractivity contribution in [1.82, 2.24) is 0 Å². The van der Waals surface area contributed by atoms with Gasteiger partial charge >= 0.3 is 8.60 Å². The second-order valence-corrected chi connectivity index (χ2v) is 14.6. The molecule has 0 radical (unpaired) electrons. The third kappa shape index (κ3) is 9.51. The first-order valence-electron chi connectivity index (χ1n) is 17.7. The maximum absolute atomic E-state index is 6.88. The van der Waals surface area contributed by atoms with Gasteiger partial charge in [-0.15, -0.1) is 0 Å². The first-order valence-corrected chi connectivity index (χ1v) is 18.8. The maximum atomic E-state index is 6.88. The first-order chi connectivity index (χ1) is 21.5. The molecule has 0 aliphatic carbocycles. The normalized spacial score (nSPS) is 15.7. The average molecular weight is 633 g/mol. The van der Waals surface area contributed by atoms with Crippen LogP contribution in [0.15, 0.2) is 54.6 Å². The summed E-state index contributed by atoms with van der Waals surface area (Å²) in [6.07, 6.45) is 5.31. The van der Waals surface area contributed by atoms with Gasteiger partial charge in [-0.1, -0.05) is 119 Å². The van der Waals surface area contributed by atoms with Gasteiger partial charge in [0.25, 0.3) is 0 Å². The largest absolute Gasteiger partial charge is 0.530 e. The molecule has 0 heterocycles. The molecule has 0 N–H and O–H groups in total. The Morgan fingerprint density at radius 1 is 0.422 bits per heavy atom. The molecule has 3 aromatic carbocycles. The smallest absolute Gasteiger partial charge is 0.408 e. The van der Waals surface area contributed by atoms with Gasteiger partial charge in [-0.3, -0.25) is 0 Å². The van der Waals surface area contributed by atoms with Gasteiger partial charge in [-0.2, -0.15) is 0 Å². The first kappa shape index (κ1) is 37.0. The molecular weight excluding hydrogens is 571 g/mol. The van der Waals surface area contributed by atoms with Crippen LogP contribution in [0.25, 0.3) is 0 Å². The fourth-order valence-corrected chi connectivity index (χ4v) is 6.60. The van der Waals surface area contributed by atoms with Crippen LogP contribution in [0.4, 0.5) is 0 Å². The minimum Gasteiger partial charge on any atom is -0.408 e. The Balaban J connectivity index is 2.15. The van der Waals surface area contributed by atoms with Gasteiger partial charge < -0.3 is 13.6 Å². The zero-order chi connectivity index (χ0) is 33.3. The standard InChI is InChI=1S/C41H61O3P/c1-13-28(8)34-19-22-40(37(25-34)31(11)16-4)43-45(42-39-21-18-33(27(6)7)24-36(39)30(10)15-3)44-41-23-20-35(29(9)14-2)26-38(41)32(12)17-5/h18-32H,13-17H2,1-12H3. The van der Waals surface area contributed by atoms with Crippen LogP contribution in [0.3, 0.4) is 0 Å². The van der Waals surface area contributed by atoms with Crippen molar-refractivity contribution in [3.63, 3.8) is 0 Å². The van der Waals surface area contributed by atoms with Crippen molar-refractivity contribution in [2.45, 2.75) is 151 Å². The Morgan fingerprint density at radius 3 is 1.00 bits per heavy atom. The van der Waals surface area contributed by atoms with Gasteiger partial charge in [0.05, 0.1) is 0 Å². The molecule has 5 unspecified atom stereocenters. The molecule has 0 aromatic heterocycles. The molecule has 0 amide bonds. The van der Waals surface area contributed by atoms with E-state index in [1.54, 1.807) is 0 Å². The van der Waals surface area contributed by atoms with Crippen LogP contribution < -0.4 is 13.6 Å². The highest BCUT2D eigenvalue weighted by Crippen LogP contribution is 2.49. The van der Waals surface area contributed by atoms with Crippen molar-refractivity contribution in [3.05, 3.63) is 88.0 Å². The predicted molar refractivity (Wildman–Crippen MR) is 196 cm³/mol. The molecule has 0 fully saturated rings. The quantitative estimate of drug-likeness (QED) is 0.139. The fourth-order valence-electron chi connectivity index (χ4n) is 5.51. The second-order valence-electron chi connectivity index (χ2n) is 13.6. The van der Waals surface area contributed by atoms with E-state index in [-0.39, 0.29) is 0 Å². The summed E-state index contributed by atoms with van der Waals surface area (Å²) in [4.78, 5) is 0. The van der Waals surface area contributed by atoms with Crippen LogP contribution in [0.5, 0.6) is 17.2 Å². The summed E-state index contributed by atoms with van der Waals surface area (Å²) >= 11 is 0. The van der Waals surface area contributed by atoms with Gasteiger partial charge in [0, 0.05) is 0 Å². The lowest BCUT2D eigenvalue weighted by Gasteiger charge is -2.26. The Hall–Kier alpha value is -2.51. The molecule has 0 spiro atoms. The minimum absolute atomic E-state index is 0.353. The SMILES string of the molecule is CCC(C)c1ccc(OP(Oc2ccc(C(C)C)cc2C(C)CC)Oc2ccc(C(C)CC)cc2C(C)CC)c(C(C)CC)c1. The zero-order valence-electron chi connectivity index (χ0n) is 30.4. The Kier molecular flexibility index (Phi) is 14.3. The summed E-state index contributed by atoms with van der Waals surface area (Å²) in [6.45, 7) is 27.2. The third-order valence-corrected chi connectivity index (χ3v) is 11.1. The summed E-state index contributed by atoms with van der Waals surface area (Å²) in [5, 5.41) is 0. The van der Waals surface area contributed by atoms with E-state index in [2.05, 4.69) is 138 Å². The predicted octanol–water partition coefficient (Wildman–Crippen LogP) is 14.1. The minimum atomic E-state index is -1.81. The van der Waals surface area contributed by atoms with Crippen LogP contribution in [0, 0.1) is 0 Å². The average Bonchev–Trinajstić information content (AvgIpc) is 3.06. The third-order valence-electron chi connectivity index (χ3n) is 10.1. The van der Waals surface area contributed by atoms with Crippen molar-refractivity contribution in [1.29, 1.82) is 0 Å². The molecule has 4 heteroatoms. The highest BCUT2D eigenvalue weighted by atomic mass is 31.2. The fraction of sp³-hybridized carbons (Fsp3) is 0.561. The van der Waals surface area contributed by atoms with Crippen molar-refractivity contribution >= 4 is 8.60 Å². The van der Waals surface area contributed by atoms with Gasteiger partial charge in [0.2, 0.25) is 0 Å². The number of benzene rings is 3. The molecule has 0 bridgehead atoms. The van der Waals surface area contributed by atoms with E-state index in [0.29, 0.717) is 35.5 Å². The van der Waals surface area contributed by atoms with E-state index in [0.717, 1.165) is 49.4 Å². The molecular formula is C41H61O3P. The Morgan fingerprint density at radius 2 is 0.711 bits per heavy atom. The highest BCUT2D eigenvalue weighted by molar-refractivity contribution is 7.43. The van der Waals surface area contributed by atoms with E-state index in [1.165, 1.54) is 33.4 Å².